The van der Waals surface area contributed by atoms with E-state index in [0.29, 0.717) is 6.54 Å². The normalized spacial score (nSPS) is 29.4. The molecule has 2 atom stereocenters. The standard InChI is InChI=1S/C12H19N3S/c13-7-10-8-14-12(16-10)15-6-2-4-9-3-1-5-11(9)15/h8-9,11H,1-7,13H2. The summed E-state index contributed by atoms with van der Waals surface area (Å²) >= 11 is 1.78. The van der Waals surface area contributed by atoms with Gasteiger partial charge in [-0.1, -0.05) is 6.42 Å². The Morgan fingerprint density at radius 3 is 3.06 bits per heavy atom. The third kappa shape index (κ3) is 1.74. The number of hydrogen-bond acceptors (Lipinski definition) is 4. The molecule has 1 saturated heterocycles. The van der Waals surface area contributed by atoms with Crippen molar-refractivity contribution >= 4 is 16.5 Å². The van der Waals surface area contributed by atoms with Crippen molar-refractivity contribution in [2.75, 3.05) is 11.4 Å². The summed E-state index contributed by atoms with van der Waals surface area (Å²) in [6, 6.07) is 0.769. The molecule has 1 aromatic rings. The number of fused-ring (bicyclic) bond motifs is 1. The van der Waals surface area contributed by atoms with Crippen molar-refractivity contribution in [1.82, 2.24) is 4.98 Å². The molecule has 1 aliphatic carbocycles. The van der Waals surface area contributed by atoms with E-state index in [1.807, 2.05) is 6.20 Å². The maximum atomic E-state index is 5.65. The summed E-state index contributed by atoms with van der Waals surface area (Å²) in [5, 5.41) is 1.21. The first kappa shape index (κ1) is 10.5. The highest BCUT2D eigenvalue weighted by Gasteiger charge is 2.35. The number of rotatable bonds is 2. The van der Waals surface area contributed by atoms with Gasteiger partial charge in [-0.05, 0) is 31.6 Å². The zero-order chi connectivity index (χ0) is 11.0. The molecule has 1 aromatic heterocycles. The highest BCUT2D eigenvalue weighted by atomic mass is 32.1. The Hall–Kier alpha value is -0.610. The van der Waals surface area contributed by atoms with Gasteiger partial charge in [0, 0.05) is 30.2 Å². The molecule has 2 fully saturated rings. The van der Waals surface area contributed by atoms with Gasteiger partial charge >= 0.3 is 0 Å². The lowest BCUT2D eigenvalue weighted by molar-refractivity contribution is 0.362. The number of aromatic nitrogens is 1. The zero-order valence-electron chi connectivity index (χ0n) is 9.56. The molecular formula is C12H19N3S. The lowest BCUT2D eigenvalue weighted by Gasteiger charge is -2.37. The van der Waals surface area contributed by atoms with E-state index in [0.717, 1.165) is 12.0 Å². The van der Waals surface area contributed by atoms with E-state index in [9.17, 15) is 0 Å². The first-order valence-electron chi connectivity index (χ1n) is 6.30. The fourth-order valence-electron chi connectivity index (χ4n) is 3.22. The summed E-state index contributed by atoms with van der Waals surface area (Å²) in [5.41, 5.74) is 5.65. The molecule has 1 aliphatic heterocycles. The molecule has 2 unspecified atom stereocenters. The van der Waals surface area contributed by atoms with Gasteiger partial charge in [-0.3, -0.25) is 0 Å². The molecule has 2 aliphatic rings. The Kier molecular flexibility index (Phi) is 2.86. The van der Waals surface area contributed by atoms with Gasteiger partial charge in [-0.25, -0.2) is 4.98 Å². The average Bonchev–Trinajstić information content (AvgIpc) is 2.97. The van der Waals surface area contributed by atoms with E-state index in [4.69, 9.17) is 5.73 Å². The van der Waals surface area contributed by atoms with Crippen molar-refractivity contribution in [1.29, 1.82) is 0 Å². The molecule has 88 valence electrons. The topological polar surface area (TPSA) is 42.1 Å². The van der Waals surface area contributed by atoms with Gasteiger partial charge in [0.1, 0.15) is 0 Å². The fraction of sp³-hybridized carbons (Fsp3) is 0.750. The monoisotopic (exact) mass is 237 g/mol. The summed E-state index contributed by atoms with van der Waals surface area (Å²) < 4.78 is 0. The summed E-state index contributed by atoms with van der Waals surface area (Å²) in [5.74, 6) is 0.930. The number of anilines is 1. The first-order chi connectivity index (χ1) is 7.88. The maximum Gasteiger partial charge on any atom is 0.185 e. The highest BCUT2D eigenvalue weighted by molar-refractivity contribution is 7.15. The van der Waals surface area contributed by atoms with Crippen LogP contribution < -0.4 is 10.6 Å². The van der Waals surface area contributed by atoms with Crippen LogP contribution in [-0.2, 0) is 6.54 Å². The van der Waals surface area contributed by atoms with Gasteiger partial charge in [0.2, 0.25) is 0 Å². The van der Waals surface area contributed by atoms with Crippen molar-refractivity contribution < 1.29 is 0 Å². The van der Waals surface area contributed by atoms with E-state index in [1.54, 1.807) is 11.3 Å². The lowest BCUT2D eigenvalue weighted by Crippen LogP contribution is -2.42. The van der Waals surface area contributed by atoms with Gasteiger partial charge < -0.3 is 10.6 Å². The minimum Gasteiger partial charge on any atom is -0.345 e. The second-order valence-electron chi connectivity index (χ2n) is 4.91. The number of nitrogens with two attached hydrogens (primary N) is 1. The van der Waals surface area contributed by atoms with Gasteiger partial charge in [0.05, 0.1) is 0 Å². The fourth-order valence-corrected chi connectivity index (χ4v) is 4.09. The van der Waals surface area contributed by atoms with Crippen LogP contribution in [0.15, 0.2) is 6.20 Å². The predicted octanol–water partition coefficient (Wildman–Crippen LogP) is 2.37. The Labute approximate surface area is 101 Å². The van der Waals surface area contributed by atoms with Crippen LogP contribution >= 0.6 is 11.3 Å². The van der Waals surface area contributed by atoms with Gasteiger partial charge in [-0.15, -0.1) is 11.3 Å². The average molecular weight is 237 g/mol. The van der Waals surface area contributed by atoms with Crippen LogP contribution in [0.3, 0.4) is 0 Å². The predicted molar refractivity (Wildman–Crippen MR) is 67.7 cm³/mol. The molecular weight excluding hydrogens is 218 g/mol. The Morgan fingerprint density at radius 2 is 2.25 bits per heavy atom. The summed E-state index contributed by atoms with van der Waals surface area (Å²) in [7, 11) is 0. The van der Waals surface area contributed by atoms with Gasteiger partial charge in [-0.2, -0.15) is 0 Å². The summed E-state index contributed by atoms with van der Waals surface area (Å²) in [4.78, 5) is 8.29. The Morgan fingerprint density at radius 1 is 1.38 bits per heavy atom. The molecule has 1 saturated carbocycles. The third-order valence-corrected chi connectivity index (χ3v) is 5.04. The number of nitrogens with zero attached hydrogens (tertiary/aromatic N) is 2. The minimum absolute atomic E-state index is 0.625. The molecule has 3 rings (SSSR count). The molecule has 0 radical (unpaired) electrons. The Balaban J connectivity index is 1.82. The Bertz CT molecular complexity index is 363. The van der Waals surface area contributed by atoms with Crippen LogP contribution in [0.2, 0.25) is 0 Å². The van der Waals surface area contributed by atoms with Crippen LogP contribution in [0.25, 0.3) is 0 Å². The quantitative estimate of drug-likeness (QED) is 0.858. The largest absolute Gasteiger partial charge is 0.345 e. The van der Waals surface area contributed by atoms with E-state index < -0.39 is 0 Å². The minimum atomic E-state index is 0.625. The van der Waals surface area contributed by atoms with Crippen molar-refractivity contribution in [2.45, 2.75) is 44.7 Å². The van der Waals surface area contributed by atoms with E-state index in [2.05, 4.69) is 9.88 Å². The van der Waals surface area contributed by atoms with Crippen LogP contribution in [0.4, 0.5) is 5.13 Å². The molecule has 2 N–H and O–H groups in total. The second-order valence-corrected chi connectivity index (χ2v) is 6.00. The number of thiazole rings is 1. The molecule has 4 heteroatoms. The van der Waals surface area contributed by atoms with Crippen LogP contribution in [-0.4, -0.2) is 17.6 Å². The van der Waals surface area contributed by atoms with E-state index in [-0.39, 0.29) is 0 Å². The first-order valence-corrected chi connectivity index (χ1v) is 7.11. The van der Waals surface area contributed by atoms with Crippen LogP contribution in [0.1, 0.15) is 37.0 Å². The SMILES string of the molecule is NCc1cnc(N2CCCC3CCCC32)s1. The molecule has 0 amide bonds. The van der Waals surface area contributed by atoms with Crippen molar-refractivity contribution in [3.8, 4) is 0 Å². The molecule has 2 heterocycles. The lowest BCUT2D eigenvalue weighted by atomic mass is 9.92. The highest BCUT2D eigenvalue weighted by Crippen LogP contribution is 2.40. The van der Waals surface area contributed by atoms with Gasteiger partial charge in [0.25, 0.3) is 0 Å². The van der Waals surface area contributed by atoms with Gasteiger partial charge in [0.15, 0.2) is 5.13 Å². The van der Waals surface area contributed by atoms with Crippen molar-refractivity contribution in [2.24, 2.45) is 11.7 Å². The maximum absolute atomic E-state index is 5.65. The summed E-state index contributed by atoms with van der Waals surface area (Å²) in [6.45, 7) is 1.82. The zero-order valence-corrected chi connectivity index (χ0v) is 10.4. The van der Waals surface area contributed by atoms with Crippen molar-refractivity contribution in [3.05, 3.63) is 11.1 Å². The van der Waals surface area contributed by atoms with E-state index in [1.165, 1.54) is 48.7 Å². The van der Waals surface area contributed by atoms with E-state index >= 15 is 0 Å². The van der Waals surface area contributed by atoms with Crippen molar-refractivity contribution in [3.63, 3.8) is 0 Å². The molecule has 0 aromatic carbocycles. The second kappa shape index (κ2) is 4.34. The molecule has 16 heavy (non-hydrogen) atoms. The number of piperidine rings is 1. The van der Waals surface area contributed by atoms with Crippen LogP contribution in [0.5, 0.6) is 0 Å². The number of hydrogen-bond donors (Lipinski definition) is 1. The van der Waals surface area contributed by atoms with Crippen LogP contribution in [0, 0.1) is 5.92 Å². The smallest absolute Gasteiger partial charge is 0.185 e. The third-order valence-electron chi connectivity index (χ3n) is 3.98. The molecule has 3 nitrogen and oxygen atoms in total. The molecule has 0 bridgehead atoms. The summed E-state index contributed by atoms with van der Waals surface area (Å²) in [6.07, 6.45) is 8.90. The molecule has 0 spiro atoms.